The van der Waals surface area contributed by atoms with Crippen molar-refractivity contribution in [3.05, 3.63) is 24.0 Å². The van der Waals surface area contributed by atoms with Gasteiger partial charge in [-0.3, -0.25) is 5.32 Å². The summed E-state index contributed by atoms with van der Waals surface area (Å²) >= 11 is 0. The molecule has 0 saturated heterocycles. The van der Waals surface area contributed by atoms with E-state index in [9.17, 15) is 0 Å². The average Bonchev–Trinajstić information content (AvgIpc) is 1.69. The molecule has 2 heteroatoms. The Labute approximate surface area is 42.7 Å². The summed E-state index contributed by atoms with van der Waals surface area (Å²) in [5.41, 5.74) is 6.19. The third-order valence-electron chi connectivity index (χ3n) is 0.776. The van der Waals surface area contributed by atoms with Crippen molar-refractivity contribution in [1.82, 2.24) is 5.32 Å². The Morgan fingerprint density at radius 1 is 1.71 bits per heavy atom. The Balaban J connectivity index is 2.57. The number of hydrogen-bond donors (Lipinski definition) is 1. The van der Waals surface area contributed by atoms with Crippen LogP contribution in [0.2, 0.25) is 0 Å². The third kappa shape index (κ3) is 0.961. The van der Waals surface area contributed by atoms with E-state index in [0.717, 1.165) is 5.70 Å². The molecule has 0 aliphatic carbocycles. The predicted molar refractivity (Wildman–Crippen MR) is 28.4 cm³/mol. The Hall–Kier alpha value is -0.920. The molecule has 0 bridgehead atoms. The van der Waals surface area contributed by atoms with Crippen LogP contribution >= 0.6 is 0 Å². The third-order valence-corrected chi connectivity index (χ3v) is 0.776. The Morgan fingerprint density at radius 3 is 2.86 bits per heavy atom. The van der Waals surface area contributed by atoms with E-state index in [1.807, 2.05) is 12.2 Å². The Kier molecular flexibility index (Phi) is 1.02. The number of nitrogens with two attached hydrogens (primary N) is 1. The van der Waals surface area contributed by atoms with Crippen LogP contribution in [0, 0.1) is 0 Å². The largest absolute Gasteiger partial charge is 0.401 e. The highest BCUT2D eigenvalue weighted by Gasteiger charge is 1.89. The highest BCUT2D eigenvalue weighted by atomic mass is 14.9. The van der Waals surface area contributed by atoms with Crippen LogP contribution in [-0.4, -0.2) is 6.54 Å². The minimum absolute atomic E-state index is 0.663. The fourth-order valence-electron chi connectivity index (χ4n) is 0.438. The summed E-state index contributed by atoms with van der Waals surface area (Å²) in [6, 6.07) is 0. The van der Waals surface area contributed by atoms with E-state index in [0.29, 0.717) is 6.54 Å². The number of nitrogens with zero attached hydrogens (tertiary/aromatic N) is 1. The van der Waals surface area contributed by atoms with E-state index in [1.54, 1.807) is 6.20 Å². The van der Waals surface area contributed by atoms with Crippen molar-refractivity contribution in [1.29, 1.82) is 0 Å². The highest BCUT2D eigenvalue weighted by molar-refractivity contribution is 5.14. The lowest BCUT2D eigenvalue weighted by Crippen LogP contribution is -2.11. The highest BCUT2D eigenvalue weighted by Crippen LogP contribution is 1.88. The summed E-state index contributed by atoms with van der Waals surface area (Å²) in [6.07, 6.45) is 5.43. The van der Waals surface area contributed by atoms with Crippen LogP contribution in [0.5, 0.6) is 0 Å². The van der Waals surface area contributed by atoms with Crippen molar-refractivity contribution in [2.24, 2.45) is 5.73 Å². The molecule has 0 aromatic carbocycles. The molecule has 7 heavy (non-hydrogen) atoms. The van der Waals surface area contributed by atoms with Gasteiger partial charge in [-0.1, -0.05) is 0 Å². The van der Waals surface area contributed by atoms with Gasteiger partial charge in [-0.2, -0.15) is 0 Å². The van der Waals surface area contributed by atoms with Gasteiger partial charge < -0.3 is 5.73 Å². The van der Waals surface area contributed by atoms with Crippen LogP contribution in [-0.2, 0) is 0 Å². The van der Waals surface area contributed by atoms with Crippen molar-refractivity contribution >= 4 is 0 Å². The molecule has 1 aliphatic rings. The molecule has 0 saturated carbocycles. The van der Waals surface area contributed by atoms with Gasteiger partial charge in [-0.25, -0.2) is 0 Å². The van der Waals surface area contributed by atoms with E-state index in [4.69, 9.17) is 5.73 Å². The van der Waals surface area contributed by atoms with Crippen molar-refractivity contribution in [3.63, 3.8) is 0 Å². The molecule has 2 nitrogen and oxygen atoms in total. The minimum Gasteiger partial charge on any atom is -0.401 e. The van der Waals surface area contributed by atoms with Gasteiger partial charge in [0, 0.05) is 11.9 Å². The van der Waals surface area contributed by atoms with Gasteiger partial charge in [-0.05, 0) is 12.2 Å². The molecule has 1 radical (unpaired) electrons. The Morgan fingerprint density at radius 2 is 2.57 bits per heavy atom. The van der Waals surface area contributed by atoms with Gasteiger partial charge in [0.05, 0.1) is 6.54 Å². The number of rotatable bonds is 0. The van der Waals surface area contributed by atoms with Gasteiger partial charge >= 0.3 is 0 Å². The molecule has 0 aromatic heterocycles. The van der Waals surface area contributed by atoms with E-state index in [-0.39, 0.29) is 0 Å². The molecule has 0 unspecified atom stereocenters. The zero-order valence-corrected chi connectivity index (χ0v) is 3.96. The average molecular weight is 95.1 g/mol. The molecule has 0 atom stereocenters. The van der Waals surface area contributed by atoms with E-state index in [1.165, 1.54) is 0 Å². The summed E-state index contributed by atoms with van der Waals surface area (Å²) in [5.74, 6) is 0. The fraction of sp³-hybridized carbons (Fsp3) is 0.200. The minimum atomic E-state index is 0.663. The lowest BCUT2D eigenvalue weighted by Gasteiger charge is -1.99. The van der Waals surface area contributed by atoms with Crippen molar-refractivity contribution in [2.75, 3.05) is 6.54 Å². The molecule has 0 aromatic rings. The second kappa shape index (κ2) is 1.69. The van der Waals surface area contributed by atoms with Crippen molar-refractivity contribution in [3.8, 4) is 0 Å². The molecular weight excluding hydrogens is 88.1 g/mol. The van der Waals surface area contributed by atoms with Crippen molar-refractivity contribution < 1.29 is 0 Å². The first-order chi connectivity index (χ1) is 3.39. The second-order valence-corrected chi connectivity index (χ2v) is 1.42. The molecule has 37 valence electrons. The zero-order valence-electron chi connectivity index (χ0n) is 3.96. The van der Waals surface area contributed by atoms with Gasteiger partial charge in [0.1, 0.15) is 0 Å². The first kappa shape index (κ1) is 4.24. The van der Waals surface area contributed by atoms with Gasteiger partial charge in [0.25, 0.3) is 0 Å². The van der Waals surface area contributed by atoms with Crippen LogP contribution in [0.25, 0.3) is 0 Å². The molecule has 0 amide bonds. The zero-order chi connectivity index (χ0) is 5.11. The van der Waals surface area contributed by atoms with Crippen molar-refractivity contribution in [2.45, 2.75) is 0 Å². The van der Waals surface area contributed by atoms with Gasteiger partial charge in [0.15, 0.2) is 0 Å². The molecule has 1 rings (SSSR count). The maximum Gasteiger partial charge on any atom is 0.0784 e. The first-order valence-electron chi connectivity index (χ1n) is 2.17. The Bertz CT molecular complexity index is 113. The predicted octanol–water partition coefficient (Wildman–Crippen LogP) is -0.0393. The monoisotopic (exact) mass is 95.1 g/mol. The lowest BCUT2D eigenvalue weighted by molar-refractivity contribution is 0.891. The van der Waals surface area contributed by atoms with E-state index < -0.39 is 0 Å². The maximum atomic E-state index is 5.35. The number of allylic oxidation sites excluding steroid dienone is 2. The van der Waals surface area contributed by atoms with Crippen LogP contribution < -0.4 is 11.1 Å². The molecule has 1 heterocycles. The molecule has 0 fully saturated rings. The topological polar surface area (TPSA) is 40.1 Å². The van der Waals surface area contributed by atoms with Gasteiger partial charge in [-0.15, -0.1) is 0 Å². The number of hydrogen-bond acceptors (Lipinski definition) is 1. The molecule has 0 spiro atoms. The summed E-state index contributed by atoms with van der Waals surface area (Å²) < 4.78 is 0. The van der Waals surface area contributed by atoms with Crippen LogP contribution in [0.3, 0.4) is 0 Å². The molecular formula is C5H7N2. The normalized spacial score (nSPS) is 18.0. The molecule has 1 aliphatic heterocycles. The van der Waals surface area contributed by atoms with Gasteiger partial charge in [0.2, 0.25) is 0 Å². The summed E-state index contributed by atoms with van der Waals surface area (Å²) in [6.45, 7) is 0.663. The maximum absolute atomic E-state index is 5.35. The summed E-state index contributed by atoms with van der Waals surface area (Å²) in [7, 11) is 0. The fourth-order valence-corrected chi connectivity index (χ4v) is 0.438. The standard InChI is InChI=1S/C5H7N2/c6-5-2-1-3-7-4-5/h1-3H,4,6H2. The molecule has 2 N–H and O–H groups in total. The second-order valence-electron chi connectivity index (χ2n) is 1.42. The van der Waals surface area contributed by atoms with Crippen LogP contribution in [0.1, 0.15) is 0 Å². The lowest BCUT2D eigenvalue weighted by atomic mass is 10.3. The quantitative estimate of drug-likeness (QED) is 0.450. The first-order valence-corrected chi connectivity index (χ1v) is 2.17. The van der Waals surface area contributed by atoms with E-state index in [2.05, 4.69) is 5.32 Å². The SMILES string of the molecule is NC1=CC=C[N]C1. The smallest absolute Gasteiger partial charge is 0.0784 e. The summed E-state index contributed by atoms with van der Waals surface area (Å²) in [5, 5.41) is 3.88. The summed E-state index contributed by atoms with van der Waals surface area (Å²) in [4.78, 5) is 0. The van der Waals surface area contributed by atoms with Crippen LogP contribution in [0.4, 0.5) is 0 Å². The van der Waals surface area contributed by atoms with E-state index >= 15 is 0 Å². The van der Waals surface area contributed by atoms with Crippen LogP contribution in [0.15, 0.2) is 24.0 Å².